The van der Waals surface area contributed by atoms with Crippen LogP contribution in [-0.4, -0.2) is 43.5 Å². The third-order valence-electron chi connectivity index (χ3n) is 4.62. The standard InChI is InChI=1S/C25H27N3O3/c1-19-9-8-10-20(17-19)26-25(30)22-13-6-7-14-23(22)27-24(29)18-28(2)15-16-31-21-11-4-3-5-12-21/h3-14,17H,15-16,18H2,1-2H3,(H,26,30)(H,27,29). The van der Waals surface area contributed by atoms with Crippen molar-refractivity contribution in [2.75, 3.05) is 37.4 Å². The van der Waals surface area contributed by atoms with Crippen LogP contribution in [0.5, 0.6) is 5.75 Å². The van der Waals surface area contributed by atoms with E-state index in [9.17, 15) is 9.59 Å². The minimum atomic E-state index is -0.272. The molecule has 6 nitrogen and oxygen atoms in total. The van der Waals surface area contributed by atoms with Crippen molar-refractivity contribution >= 4 is 23.2 Å². The van der Waals surface area contributed by atoms with E-state index in [1.54, 1.807) is 24.3 Å². The molecule has 0 heterocycles. The molecule has 6 heteroatoms. The van der Waals surface area contributed by atoms with Gasteiger partial charge in [0.05, 0.1) is 17.8 Å². The molecule has 2 amide bonds. The van der Waals surface area contributed by atoms with Crippen molar-refractivity contribution in [2.24, 2.45) is 0 Å². The van der Waals surface area contributed by atoms with E-state index in [0.717, 1.165) is 11.3 Å². The number of ether oxygens (including phenoxy) is 1. The summed E-state index contributed by atoms with van der Waals surface area (Å²) in [6.07, 6.45) is 0. The first-order valence-electron chi connectivity index (χ1n) is 10.1. The molecule has 0 spiro atoms. The topological polar surface area (TPSA) is 70.7 Å². The zero-order valence-corrected chi connectivity index (χ0v) is 17.8. The number of carbonyl (C=O) groups is 2. The van der Waals surface area contributed by atoms with Gasteiger partial charge in [-0.15, -0.1) is 0 Å². The number of likely N-dealkylation sites (N-methyl/N-ethyl adjacent to an activating group) is 1. The maximum atomic E-state index is 12.7. The Morgan fingerprint density at radius 1 is 0.903 bits per heavy atom. The predicted molar refractivity (Wildman–Crippen MR) is 124 cm³/mol. The first-order valence-corrected chi connectivity index (χ1v) is 10.1. The lowest BCUT2D eigenvalue weighted by Crippen LogP contribution is -2.33. The van der Waals surface area contributed by atoms with Gasteiger partial charge in [-0.25, -0.2) is 0 Å². The molecule has 2 N–H and O–H groups in total. The number of benzene rings is 3. The number of rotatable bonds is 9. The second-order valence-electron chi connectivity index (χ2n) is 7.32. The molecule has 0 fully saturated rings. The summed E-state index contributed by atoms with van der Waals surface area (Å²) in [6, 6.07) is 24.1. The monoisotopic (exact) mass is 417 g/mol. The van der Waals surface area contributed by atoms with Gasteiger partial charge in [-0.1, -0.05) is 42.5 Å². The fourth-order valence-corrected chi connectivity index (χ4v) is 3.06. The summed E-state index contributed by atoms with van der Waals surface area (Å²) < 4.78 is 5.67. The molecule has 0 bridgehead atoms. The van der Waals surface area contributed by atoms with Gasteiger partial charge in [0.1, 0.15) is 12.4 Å². The van der Waals surface area contributed by atoms with Gasteiger partial charge in [-0.3, -0.25) is 14.5 Å². The largest absolute Gasteiger partial charge is 0.492 e. The van der Waals surface area contributed by atoms with Crippen LogP contribution in [0.3, 0.4) is 0 Å². The number of hydrogen-bond donors (Lipinski definition) is 2. The maximum Gasteiger partial charge on any atom is 0.257 e. The van der Waals surface area contributed by atoms with E-state index >= 15 is 0 Å². The van der Waals surface area contributed by atoms with Crippen molar-refractivity contribution in [3.8, 4) is 5.75 Å². The fraction of sp³-hybridized carbons (Fsp3) is 0.200. The number of para-hydroxylation sites is 2. The first-order chi connectivity index (χ1) is 15.0. The molecule has 0 saturated heterocycles. The Hall–Kier alpha value is -3.64. The molecular weight excluding hydrogens is 390 g/mol. The molecular formula is C25H27N3O3. The second kappa shape index (κ2) is 10.9. The summed E-state index contributed by atoms with van der Waals surface area (Å²) in [5.41, 5.74) is 2.65. The molecule has 0 aliphatic rings. The quantitative estimate of drug-likeness (QED) is 0.548. The van der Waals surface area contributed by atoms with Gasteiger partial charge in [0.15, 0.2) is 0 Å². The van der Waals surface area contributed by atoms with Crippen LogP contribution in [0, 0.1) is 6.92 Å². The predicted octanol–water partition coefficient (Wildman–Crippen LogP) is 4.20. The van der Waals surface area contributed by atoms with Gasteiger partial charge in [-0.2, -0.15) is 0 Å². The summed E-state index contributed by atoms with van der Waals surface area (Å²) in [5.74, 6) is 0.332. The zero-order valence-electron chi connectivity index (χ0n) is 17.8. The highest BCUT2D eigenvalue weighted by Gasteiger charge is 2.14. The Bertz CT molecular complexity index is 1020. The molecule has 0 saturated carbocycles. The number of hydrogen-bond acceptors (Lipinski definition) is 4. The smallest absolute Gasteiger partial charge is 0.257 e. The van der Waals surface area contributed by atoms with Gasteiger partial charge in [0.2, 0.25) is 5.91 Å². The highest BCUT2D eigenvalue weighted by molar-refractivity contribution is 6.10. The minimum absolute atomic E-state index is 0.186. The Kier molecular flexibility index (Phi) is 7.79. The van der Waals surface area contributed by atoms with Crippen LogP contribution in [0.1, 0.15) is 15.9 Å². The number of anilines is 2. The average molecular weight is 418 g/mol. The van der Waals surface area contributed by atoms with E-state index in [2.05, 4.69) is 10.6 Å². The molecule has 31 heavy (non-hydrogen) atoms. The van der Waals surface area contributed by atoms with Crippen LogP contribution in [-0.2, 0) is 4.79 Å². The average Bonchev–Trinajstić information content (AvgIpc) is 2.74. The Morgan fingerprint density at radius 2 is 1.65 bits per heavy atom. The van der Waals surface area contributed by atoms with Crippen molar-refractivity contribution < 1.29 is 14.3 Å². The van der Waals surface area contributed by atoms with Crippen molar-refractivity contribution in [2.45, 2.75) is 6.92 Å². The summed E-state index contributed by atoms with van der Waals surface area (Å²) >= 11 is 0. The van der Waals surface area contributed by atoms with E-state index in [-0.39, 0.29) is 18.4 Å². The SMILES string of the molecule is Cc1cccc(NC(=O)c2ccccc2NC(=O)CN(C)CCOc2ccccc2)c1. The number of aryl methyl sites for hydroxylation is 1. The lowest BCUT2D eigenvalue weighted by molar-refractivity contribution is -0.117. The van der Waals surface area contributed by atoms with Crippen LogP contribution < -0.4 is 15.4 Å². The summed E-state index contributed by atoms with van der Waals surface area (Å²) in [4.78, 5) is 27.1. The summed E-state index contributed by atoms with van der Waals surface area (Å²) in [6.45, 7) is 3.22. The summed E-state index contributed by atoms with van der Waals surface area (Å²) in [5, 5.41) is 5.73. The van der Waals surface area contributed by atoms with Gasteiger partial charge in [-0.05, 0) is 55.9 Å². The maximum absolute atomic E-state index is 12.7. The van der Waals surface area contributed by atoms with E-state index in [0.29, 0.717) is 30.1 Å². The second-order valence-corrected chi connectivity index (χ2v) is 7.32. The van der Waals surface area contributed by atoms with Gasteiger partial charge >= 0.3 is 0 Å². The van der Waals surface area contributed by atoms with Crippen LogP contribution >= 0.6 is 0 Å². The van der Waals surface area contributed by atoms with Crippen molar-refractivity contribution in [1.29, 1.82) is 0 Å². The first kappa shape index (κ1) is 22.1. The van der Waals surface area contributed by atoms with Crippen LogP contribution in [0.15, 0.2) is 78.9 Å². The molecule has 160 valence electrons. The zero-order chi connectivity index (χ0) is 22.1. The van der Waals surface area contributed by atoms with Crippen molar-refractivity contribution in [1.82, 2.24) is 4.90 Å². The molecule has 0 aliphatic heterocycles. The fourth-order valence-electron chi connectivity index (χ4n) is 3.06. The highest BCUT2D eigenvalue weighted by Crippen LogP contribution is 2.18. The molecule has 0 atom stereocenters. The Labute approximate surface area is 182 Å². The van der Waals surface area contributed by atoms with Crippen molar-refractivity contribution in [3.63, 3.8) is 0 Å². The molecule has 3 rings (SSSR count). The molecule has 3 aromatic rings. The van der Waals surface area contributed by atoms with E-state index in [4.69, 9.17) is 4.74 Å². The van der Waals surface area contributed by atoms with E-state index < -0.39 is 0 Å². The van der Waals surface area contributed by atoms with Crippen LogP contribution in [0.25, 0.3) is 0 Å². The lowest BCUT2D eigenvalue weighted by Gasteiger charge is -2.17. The Morgan fingerprint density at radius 3 is 2.42 bits per heavy atom. The number of amides is 2. The lowest BCUT2D eigenvalue weighted by atomic mass is 10.1. The van der Waals surface area contributed by atoms with E-state index in [1.165, 1.54) is 0 Å². The normalized spacial score (nSPS) is 10.5. The third kappa shape index (κ3) is 6.97. The van der Waals surface area contributed by atoms with Gasteiger partial charge < -0.3 is 15.4 Å². The third-order valence-corrected chi connectivity index (χ3v) is 4.62. The molecule has 3 aromatic carbocycles. The van der Waals surface area contributed by atoms with Crippen LogP contribution in [0.2, 0.25) is 0 Å². The number of carbonyl (C=O) groups excluding carboxylic acids is 2. The minimum Gasteiger partial charge on any atom is -0.492 e. The van der Waals surface area contributed by atoms with Crippen molar-refractivity contribution in [3.05, 3.63) is 90.0 Å². The molecule has 0 unspecified atom stereocenters. The molecule has 0 aliphatic carbocycles. The van der Waals surface area contributed by atoms with Gasteiger partial charge in [0, 0.05) is 12.2 Å². The molecule has 0 aromatic heterocycles. The highest BCUT2D eigenvalue weighted by atomic mass is 16.5. The van der Waals surface area contributed by atoms with Crippen LogP contribution in [0.4, 0.5) is 11.4 Å². The van der Waals surface area contributed by atoms with Gasteiger partial charge in [0.25, 0.3) is 5.91 Å². The Balaban J connectivity index is 1.53. The number of nitrogens with one attached hydrogen (secondary N) is 2. The van der Waals surface area contributed by atoms with E-state index in [1.807, 2.05) is 73.5 Å². The number of nitrogens with zero attached hydrogens (tertiary/aromatic N) is 1. The molecule has 0 radical (unpaired) electrons. The summed E-state index contributed by atoms with van der Waals surface area (Å²) in [7, 11) is 1.85.